The molecule has 1 aromatic carbocycles. The van der Waals surface area contributed by atoms with Crippen molar-refractivity contribution in [3.8, 4) is 11.1 Å². The van der Waals surface area contributed by atoms with Crippen molar-refractivity contribution in [3.63, 3.8) is 0 Å². The zero-order chi connectivity index (χ0) is 28.3. The minimum atomic E-state index is -1.33. The number of nitrogens with two attached hydrogens (primary N) is 1. The van der Waals surface area contributed by atoms with Crippen molar-refractivity contribution in [1.82, 2.24) is 19.5 Å². The zero-order valence-electron chi connectivity index (χ0n) is 21.9. The lowest BCUT2D eigenvalue weighted by atomic mass is 10.0. The van der Waals surface area contributed by atoms with E-state index < -0.39 is 23.0 Å². The highest BCUT2D eigenvalue weighted by molar-refractivity contribution is 6.18. The molecule has 5 heterocycles. The number of pyridine rings is 3. The number of nitrogens with one attached hydrogen (secondary N) is 2. The van der Waals surface area contributed by atoms with E-state index in [1.165, 1.54) is 6.20 Å². The van der Waals surface area contributed by atoms with Gasteiger partial charge in [0, 0.05) is 62.5 Å². The Morgan fingerprint density at radius 1 is 1.25 bits per heavy atom. The number of carboxylic acids is 1. The van der Waals surface area contributed by atoms with Crippen LogP contribution in [0.15, 0.2) is 35.5 Å². The lowest BCUT2D eigenvalue weighted by Crippen LogP contribution is -2.23. The van der Waals surface area contributed by atoms with Crippen LogP contribution >= 0.6 is 0 Å². The molecule has 4 aromatic heterocycles. The van der Waals surface area contributed by atoms with Gasteiger partial charge >= 0.3 is 5.97 Å². The predicted octanol–water partition coefficient (Wildman–Crippen LogP) is 3.92. The second-order valence-corrected chi connectivity index (χ2v) is 9.98. The minimum absolute atomic E-state index is 0.0650. The van der Waals surface area contributed by atoms with Crippen molar-refractivity contribution < 1.29 is 18.7 Å². The smallest absolute Gasteiger partial charge is 0.341 e. The molecular weight excluding hydrogens is 520 g/mol. The molecule has 0 saturated carbocycles. The number of carboxylic acid groups (broad SMARTS) is 1. The van der Waals surface area contributed by atoms with Gasteiger partial charge < -0.3 is 30.6 Å². The summed E-state index contributed by atoms with van der Waals surface area (Å²) in [6, 6.07) is 2.69. The topological polar surface area (TPSA) is 142 Å². The average molecular weight is 548 g/mol. The van der Waals surface area contributed by atoms with E-state index in [-0.39, 0.29) is 22.3 Å². The third-order valence-corrected chi connectivity index (χ3v) is 7.76. The van der Waals surface area contributed by atoms with Crippen LogP contribution in [0.5, 0.6) is 0 Å². The van der Waals surface area contributed by atoms with Crippen LogP contribution in [-0.2, 0) is 6.54 Å². The number of fused-ring (bicyclic) bond motifs is 4. The molecule has 40 heavy (non-hydrogen) atoms. The van der Waals surface area contributed by atoms with Crippen LogP contribution in [-0.4, -0.2) is 57.3 Å². The summed E-state index contributed by atoms with van der Waals surface area (Å²) in [5, 5.41) is 13.1. The molecule has 1 aliphatic heterocycles. The van der Waals surface area contributed by atoms with E-state index in [4.69, 9.17) is 5.73 Å². The molecule has 1 saturated heterocycles. The Balaban J connectivity index is 1.70. The van der Waals surface area contributed by atoms with E-state index in [2.05, 4.69) is 25.2 Å². The molecule has 0 radical (unpaired) electrons. The quantitative estimate of drug-likeness (QED) is 0.251. The number of aromatic amines is 1. The van der Waals surface area contributed by atoms with Gasteiger partial charge in [-0.15, -0.1) is 0 Å². The fourth-order valence-electron chi connectivity index (χ4n) is 5.72. The van der Waals surface area contributed by atoms with E-state index in [0.29, 0.717) is 70.9 Å². The van der Waals surface area contributed by atoms with Crippen molar-refractivity contribution >= 4 is 50.3 Å². The Morgan fingerprint density at radius 2 is 2.05 bits per heavy atom. The molecular formula is C28H27F2N7O3. The molecule has 6 rings (SSSR count). The normalized spacial score (nSPS) is 15.5. The SMILES string of the molecule is CCn1cc(C(=O)O)c(=O)c2cc(-c3cnc4[nH]c5c(NC)cc(F)c(F)c5c4c3N3CC[C@@H](CN)C3)cnc21. The molecule has 0 amide bonds. The molecule has 10 nitrogen and oxygen atoms in total. The average Bonchev–Trinajstić information content (AvgIpc) is 3.59. The van der Waals surface area contributed by atoms with Crippen molar-refractivity contribution in [2.45, 2.75) is 19.9 Å². The molecule has 1 atom stereocenters. The predicted molar refractivity (Wildman–Crippen MR) is 150 cm³/mol. The Hall–Kier alpha value is -4.58. The van der Waals surface area contributed by atoms with Crippen LogP contribution in [0.2, 0.25) is 0 Å². The number of aromatic nitrogens is 4. The summed E-state index contributed by atoms with van der Waals surface area (Å²) in [4.78, 5) is 39.3. The summed E-state index contributed by atoms with van der Waals surface area (Å²) in [7, 11) is 1.62. The van der Waals surface area contributed by atoms with E-state index in [0.717, 1.165) is 12.5 Å². The number of halogens is 2. The van der Waals surface area contributed by atoms with Gasteiger partial charge in [0.25, 0.3) is 0 Å². The van der Waals surface area contributed by atoms with Crippen molar-refractivity contribution in [3.05, 3.63) is 58.1 Å². The van der Waals surface area contributed by atoms with Crippen LogP contribution in [0.1, 0.15) is 23.7 Å². The lowest BCUT2D eigenvalue weighted by molar-refractivity contribution is 0.0695. The van der Waals surface area contributed by atoms with Crippen molar-refractivity contribution in [2.24, 2.45) is 11.7 Å². The first-order valence-electron chi connectivity index (χ1n) is 13.0. The van der Waals surface area contributed by atoms with E-state index in [1.54, 1.807) is 30.1 Å². The summed E-state index contributed by atoms with van der Waals surface area (Å²) >= 11 is 0. The first kappa shape index (κ1) is 25.7. The van der Waals surface area contributed by atoms with Crippen LogP contribution in [0.25, 0.3) is 44.1 Å². The third-order valence-electron chi connectivity index (χ3n) is 7.76. The molecule has 5 N–H and O–H groups in total. The number of carbonyl (C=O) groups is 1. The standard InChI is InChI=1S/C28H27F2N7O3/c1-3-36-12-17(28(39)40)25(38)15-6-14(9-34-27(15)36)16-10-33-26-21(24(16)37-5-4-13(8-31)11-37)20-22(30)18(29)7-19(32-2)23(20)35-26/h6-7,9-10,12-13,32H,3-5,8,11,31H2,1-2H3,(H,33,35)(H,39,40)/t13-/m0/s1. The number of hydrogen-bond donors (Lipinski definition) is 4. The third kappa shape index (κ3) is 3.78. The number of aryl methyl sites for hydroxylation is 1. The summed E-state index contributed by atoms with van der Waals surface area (Å²) in [6.07, 6.45) is 5.30. The lowest BCUT2D eigenvalue weighted by Gasteiger charge is -2.23. The van der Waals surface area contributed by atoms with Crippen LogP contribution < -0.4 is 21.4 Å². The van der Waals surface area contributed by atoms with Gasteiger partial charge in [-0.1, -0.05) is 0 Å². The highest BCUT2D eigenvalue weighted by Gasteiger charge is 2.29. The van der Waals surface area contributed by atoms with Gasteiger partial charge in [-0.2, -0.15) is 0 Å². The number of hydrogen-bond acceptors (Lipinski definition) is 7. The maximum atomic E-state index is 15.5. The van der Waals surface area contributed by atoms with Crippen molar-refractivity contribution in [1.29, 1.82) is 0 Å². The molecule has 12 heteroatoms. The summed E-state index contributed by atoms with van der Waals surface area (Å²) < 4.78 is 31.9. The monoisotopic (exact) mass is 547 g/mol. The maximum absolute atomic E-state index is 15.5. The summed E-state index contributed by atoms with van der Waals surface area (Å²) in [5.74, 6) is -3.11. The van der Waals surface area contributed by atoms with Gasteiger partial charge in [-0.3, -0.25) is 4.79 Å². The van der Waals surface area contributed by atoms with Crippen LogP contribution in [0, 0.1) is 17.6 Å². The van der Waals surface area contributed by atoms with Gasteiger partial charge in [-0.25, -0.2) is 23.5 Å². The van der Waals surface area contributed by atoms with E-state index in [9.17, 15) is 19.1 Å². The second-order valence-electron chi connectivity index (χ2n) is 9.98. The molecule has 1 aliphatic rings. The second kappa shape index (κ2) is 9.56. The van der Waals surface area contributed by atoms with E-state index in [1.807, 2.05) is 6.92 Å². The molecule has 0 spiro atoms. The summed E-state index contributed by atoms with van der Waals surface area (Å²) in [5.41, 5.74) is 8.12. The molecule has 0 aliphatic carbocycles. The molecule has 206 valence electrons. The van der Waals surface area contributed by atoms with Crippen LogP contribution in [0.3, 0.4) is 0 Å². The zero-order valence-corrected chi connectivity index (χ0v) is 21.9. The molecule has 0 bridgehead atoms. The number of aromatic carboxylic acids is 1. The highest BCUT2D eigenvalue weighted by Crippen LogP contribution is 2.44. The maximum Gasteiger partial charge on any atom is 0.341 e. The van der Waals surface area contributed by atoms with Gasteiger partial charge in [-0.05, 0) is 31.9 Å². The van der Waals surface area contributed by atoms with Gasteiger partial charge in [0.2, 0.25) is 5.43 Å². The first-order valence-corrected chi connectivity index (χ1v) is 13.0. The van der Waals surface area contributed by atoms with Crippen LogP contribution in [0.4, 0.5) is 20.2 Å². The number of anilines is 2. The fourth-order valence-corrected chi connectivity index (χ4v) is 5.72. The Kier molecular flexibility index (Phi) is 6.14. The number of H-pyrrole nitrogens is 1. The Morgan fingerprint density at radius 3 is 2.73 bits per heavy atom. The first-order chi connectivity index (χ1) is 19.3. The van der Waals surface area contributed by atoms with E-state index >= 15 is 4.39 Å². The van der Waals surface area contributed by atoms with Gasteiger partial charge in [0.15, 0.2) is 11.6 Å². The number of nitrogens with zero attached hydrogens (tertiary/aromatic N) is 4. The molecule has 1 fully saturated rings. The molecule has 5 aromatic rings. The Labute approximate surface area is 226 Å². The van der Waals surface area contributed by atoms with Gasteiger partial charge in [0.1, 0.15) is 16.9 Å². The minimum Gasteiger partial charge on any atom is -0.477 e. The largest absolute Gasteiger partial charge is 0.477 e. The highest BCUT2D eigenvalue weighted by atomic mass is 19.2. The summed E-state index contributed by atoms with van der Waals surface area (Å²) in [6.45, 7) is 3.94. The van der Waals surface area contributed by atoms with Crippen molar-refractivity contribution in [2.75, 3.05) is 36.9 Å². The Bertz CT molecular complexity index is 1900. The van der Waals surface area contributed by atoms with Gasteiger partial charge in [0.05, 0.1) is 33.1 Å². The fraction of sp³-hybridized carbons (Fsp3) is 0.286. The molecule has 0 unspecified atom stereocenters. The number of benzene rings is 1. The number of rotatable bonds is 6.